The average Bonchev–Trinajstić information content (AvgIpc) is 2.15. The molecule has 0 spiro atoms. The number of hydrogen-bond acceptors (Lipinski definition) is 1. The number of aryl methyl sites for hydroxylation is 1. The van der Waals surface area contributed by atoms with Gasteiger partial charge >= 0.3 is 0 Å². The van der Waals surface area contributed by atoms with Gasteiger partial charge in [0, 0.05) is 12.7 Å². The van der Waals surface area contributed by atoms with E-state index in [4.69, 9.17) is 0 Å². The van der Waals surface area contributed by atoms with Crippen LogP contribution in [0.25, 0.3) is 0 Å². The molecule has 0 aromatic carbocycles. The van der Waals surface area contributed by atoms with Gasteiger partial charge in [-0.3, -0.25) is 4.79 Å². The zero-order valence-electron chi connectivity index (χ0n) is 7.64. The van der Waals surface area contributed by atoms with Crippen LogP contribution in [-0.4, -0.2) is 4.57 Å². The molecule has 0 saturated carbocycles. The molecule has 0 bridgehead atoms. The maximum Gasteiger partial charge on any atom is 0.264 e. The minimum atomic E-state index is 0.0839. The van der Waals surface area contributed by atoms with Gasteiger partial charge in [0.1, 0.15) is 0 Å². The Bertz CT molecular complexity index is 395. The van der Waals surface area contributed by atoms with Crippen molar-refractivity contribution in [2.75, 3.05) is 0 Å². The second-order valence-corrected chi connectivity index (χ2v) is 4.39. The van der Waals surface area contributed by atoms with Gasteiger partial charge in [0.05, 0.1) is 4.47 Å². The van der Waals surface area contributed by atoms with Crippen molar-refractivity contribution in [3.63, 3.8) is 0 Å². The van der Waals surface area contributed by atoms with Crippen molar-refractivity contribution in [1.29, 1.82) is 0 Å². The van der Waals surface area contributed by atoms with Crippen molar-refractivity contribution >= 4 is 15.9 Å². The predicted octanol–water partition coefficient (Wildman–Crippen LogP) is 2.03. The third-order valence-corrected chi connectivity index (χ3v) is 3.26. The third-order valence-electron chi connectivity index (χ3n) is 2.70. The number of pyridine rings is 1. The predicted molar refractivity (Wildman–Crippen MR) is 56.0 cm³/mol. The topological polar surface area (TPSA) is 22.0 Å². The first-order chi connectivity index (χ1) is 6.20. The molecule has 0 N–H and O–H groups in total. The molecule has 0 saturated heterocycles. The van der Waals surface area contributed by atoms with Crippen LogP contribution in [0, 0.1) is 0 Å². The van der Waals surface area contributed by atoms with Crippen molar-refractivity contribution in [1.82, 2.24) is 4.57 Å². The lowest BCUT2D eigenvalue weighted by Crippen LogP contribution is -2.24. The Morgan fingerprint density at radius 1 is 1.38 bits per heavy atom. The monoisotopic (exact) mass is 241 g/mol. The van der Waals surface area contributed by atoms with E-state index in [0.29, 0.717) is 4.47 Å². The molecule has 0 aliphatic heterocycles. The minimum Gasteiger partial charge on any atom is -0.314 e. The quantitative estimate of drug-likeness (QED) is 0.682. The molecule has 0 unspecified atom stereocenters. The van der Waals surface area contributed by atoms with Crippen LogP contribution in [0.3, 0.4) is 0 Å². The van der Waals surface area contributed by atoms with Gasteiger partial charge in [-0.25, -0.2) is 0 Å². The standard InChI is InChI=1S/C10H12BrNO/c1-12-9-5-3-2-4-7(9)6-8(11)10(12)13/h6H,2-5H2,1H3. The van der Waals surface area contributed by atoms with Crippen LogP contribution in [-0.2, 0) is 19.9 Å². The number of hydrogen-bond donors (Lipinski definition) is 0. The Balaban J connectivity index is 2.67. The largest absolute Gasteiger partial charge is 0.314 e. The van der Waals surface area contributed by atoms with Gasteiger partial charge in [0.25, 0.3) is 5.56 Å². The van der Waals surface area contributed by atoms with Crippen LogP contribution >= 0.6 is 15.9 Å². The second kappa shape index (κ2) is 3.29. The zero-order valence-corrected chi connectivity index (χ0v) is 9.23. The van der Waals surface area contributed by atoms with E-state index >= 15 is 0 Å². The summed E-state index contributed by atoms with van der Waals surface area (Å²) < 4.78 is 2.47. The first-order valence-corrected chi connectivity index (χ1v) is 5.36. The molecular weight excluding hydrogens is 230 g/mol. The maximum absolute atomic E-state index is 11.6. The summed E-state index contributed by atoms with van der Waals surface area (Å²) >= 11 is 3.29. The van der Waals surface area contributed by atoms with Gasteiger partial charge in [-0.15, -0.1) is 0 Å². The number of rotatable bonds is 0. The van der Waals surface area contributed by atoms with Gasteiger partial charge in [-0.05, 0) is 53.2 Å². The summed E-state index contributed by atoms with van der Waals surface area (Å²) in [6.07, 6.45) is 4.62. The molecule has 70 valence electrons. The second-order valence-electron chi connectivity index (χ2n) is 3.54. The molecule has 2 rings (SSSR count). The van der Waals surface area contributed by atoms with Crippen molar-refractivity contribution in [2.24, 2.45) is 7.05 Å². The van der Waals surface area contributed by atoms with E-state index in [-0.39, 0.29) is 5.56 Å². The Morgan fingerprint density at radius 2 is 2.08 bits per heavy atom. The number of fused-ring (bicyclic) bond motifs is 1. The normalized spacial score (nSPS) is 15.5. The van der Waals surface area contributed by atoms with Gasteiger partial charge in [0.2, 0.25) is 0 Å². The van der Waals surface area contributed by atoms with Crippen molar-refractivity contribution in [2.45, 2.75) is 25.7 Å². The van der Waals surface area contributed by atoms with Crippen LogP contribution in [0.2, 0.25) is 0 Å². The Hall–Kier alpha value is -0.570. The molecular formula is C10H12BrNO. The van der Waals surface area contributed by atoms with Crippen LogP contribution in [0.1, 0.15) is 24.1 Å². The lowest BCUT2D eigenvalue weighted by atomic mass is 9.96. The summed E-state index contributed by atoms with van der Waals surface area (Å²) in [6.45, 7) is 0. The molecule has 1 aliphatic carbocycles. The summed E-state index contributed by atoms with van der Waals surface area (Å²) in [6, 6.07) is 1.98. The molecule has 2 nitrogen and oxygen atoms in total. The zero-order chi connectivity index (χ0) is 9.42. The number of halogens is 1. The molecule has 0 radical (unpaired) electrons. The van der Waals surface area contributed by atoms with Crippen molar-refractivity contribution in [3.05, 3.63) is 32.2 Å². The van der Waals surface area contributed by atoms with Crippen molar-refractivity contribution in [3.8, 4) is 0 Å². The average molecular weight is 242 g/mol. The van der Waals surface area contributed by atoms with E-state index < -0.39 is 0 Å². The first kappa shape index (κ1) is 9.00. The van der Waals surface area contributed by atoms with E-state index in [0.717, 1.165) is 12.8 Å². The fourth-order valence-corrected chi connectivity index (χ4v) is 2.49. The highest BCUT2D eigenvalue weighted by atomic mass is 79.9. The number of nitrogens with zero attached hydrogens (tertiary/aromatic N) is 1. The highest BCUT2D eigenvalue weighted by Crippen LogP contribution is 2.21. The van der Waals surface area contributed by atoms with Crippen LogP contribution in [0.5, 0.6) is 0 Å². The summed E-state index contributed by atoms with van der Waals surface area (Å²) in [4.78, 5) is 11.6. The highest BCUT2D eigenvalue weighted by Gasteiger charge is 2.14. The fraction of sp³-hybridized carbons (Fsp3) is 0.500. The van der Waals surface area contributed by atoms with Crippen molar-refractivity contribution < 1.29 is 0 Å². The van der Waals surface area contributed by atoms with E-state index in [1.807, 2.05) is 13.1 Å². The number of aromatic nitrogens is 1. The summed E-state index contributed by atoms with van der Waals surface area (Å²) in [5.74, 6) is 0. The SMILES string of the molecule is Cn1c2c(cc(Br)c1=O)CCCC2. The van der Waals surface area contributed by atoms with Gasteiger partial charge in [0.15, 0.2) is 0 Å². The third kappa shape index (κ3) is 1.46. The van der Waals surface area contributed by atoms with E-state index in [1.54, 1.807) is 4.57 Å². The lowest BCUT2D eigenvalue weighted by Gasteiger charge is -2.18. The molecule has 13 heavy (non-hydrogen) atoms. The Morgan fingerprint density at radius 3 is 2.85 bits per heavy atom. The molecule has 3 heteroatoms. The minimum absolute atomic E-state index is 0.0839. The Kier molecular flexibility index (Phi) is 2.28. The van der Waals surface area contributed by atoms with Gasteiger partial charge in [-0.2, -0.15) is 0 Å². The lowest BCUT2D eigenvalue weighted by molar-refractivity contribution is 0.621. The molecule has 1 aliphatic rings. The molecule has 0 amide bonds. The first-order valence-electron chi connectivity index (χ1n) is 4.57. The summed E-state index contributed by atoms with van der Waals surface area (Å²) in [5, 5.41) is 0. The molecule has 1 heterocycles. The van der Waals surface area contributed by atoms with E-state index in [1.165, 1.54) is 24.1 Å². The van der Waals surface area contributed by atoms with Crippen LogP contribution < -0.4 is 5.56 Å². The maximum atomic E-state index is 11.6. The Labute approximate surface area is 85.7 Å². The molecule has 0 atom stereocenters. The molecule has 1 aromatic heterocycles. The van der Waals surface area contributed by atoms with Gasteiger partial charge < -0.3 is 4.57 Å². The molecule has 1 aromatic rings. The highest BCUT2D eigenvalue weighted by molar-refractivity contribution is 9.10. The summed E-state index contributed by atoms with van der Waals surface area (Å²) in [5.41, 5.74) is 2.64. The van der Waals surface area contributed by atoms with Crippen LogP contribution in [0.15, 0.2) is 15.3 Å². The van der Waals surface area contributed by atoms with E-state index in [2.05, 4.69) is 15.9 Å². The molecule has 0 fully saturated rings. The van der Waals surface area contributed by atoms with E-state index in [9.17, 15) is 4.79 Å². The van der Waals surface area contributed by atoms with Gasteiger partial charge in [-0.1, -0.05) is 0 Å². The smallest absolute Gasteiger partial charge is 0.264 e. The van der Waals surface area contributed by atoms with Crippen LogP contribution in [0.4, 0.5) is 0 Å². The fourth-order valence-electron chi connectivity index (χ4n) is 1.95. The summed E-state index contributed by atoms with van der Waals surface area (Å²) in [7, 11) is 1.86.